The van der Waals surface area contributed by atoms with Gasteiger partial charge in [0.25, 0.3) is 0 Å². The van der Waals surface area contributed by atoms with E-state index in [0.717, 1.165) is 6.07 Å². The number of rotatable bonds is 2. The Balaban J connectivity index is 2.61. The van der Waals surface area contributed by atoms with Crippen LogP contribution in [0.2, 0.25) is 0 Å². The first kappa shape index (κ1) is 14.4. The molecule has 108 valence electrons. The van der Waals surface area contributed by atoms with Gasteiger partial charge in [0.05, 0.1) is 19.1 Å². The summed E-state index contributed by atoms with van der Waals surface area (Å²) in [7, 11) is 1.28. The predicted molar refractivity (Wildman–Crippen MR) is 68.5 cm³/mol. The average molecular weight is 285 g/mol. The maximum atomic E-state index is 12.9. The maximum absolute atomic E-state index is 12.9. The molecule has 0 atom stereocenters. The van der Waals surface area contributed by atoms with Gasteiger partial charge in [-0.25, -0.2) is 0 Å². The summed E-state index contributed by atoms with van der Waals surface area (Å²) in [5, 5.41) is 0.624. The molecule has 2 rings (SSSR count). The minimum Gasteiger partial charge on any atom is -0.469 e. The first-order valence-electron chi connectivity index (χ1n) is 6.00. The molecule has 1 aromatic carbocycles. The molecular formula is C14H14F3NO2. The molecule has 0 unspecified atom stereocenters. The Labute approximate surface area is 113 Å². The molecule has 0 fully saturated rings. The number of halogens is 3. The summed E-state index contributed by atoms with van der Waals surface area (Å²) in [6.07, 6.45) is -4.35. The lowest BCUT2D eigenvalue weighted by atomic mass is 10.0. The molecule has 0 saturated heterocycles. The summed E-state index contributed by atoms with van der Waals surface area (Å²) >= 11 is 0. The molecule has 2 aromatic rings. The van der Waals surface area contributed by atoms with Crippen molar-refractivity contribution in [2.24, 2.45) is 0 Å². The zero-order valence-corrected chi connectivity index (χ0v) is 11.3. The quantitative estimate of drug-likeness (QED) is 0.858. The monoisotopic (exact) mass is 285 g/mol. The van der Waals surface area contributed by atoms with Gasteiger partial charge in [0.2, 0.25) is 0 Å². The zero-order valence-electron chi connectivity index (χ0n) is 11.3. The van der Waals surface area contributed by atoms with Gasteiger partial charge in [0.1, 0.15) is 0 Å². The van der Waals surface area contributed by atoms with E-state index in [2.05, 4.69) is 9.72 Å². The summed E-state index contributed by atoms with van der Waals surface area (Å²) in [6.45, 7) is 3.13. The van der Waals surface area contributed by atoms with Crippen LogP contribution in [0.3, 0.4) is 0 Å². The summed E-state index contributed by atoms with van der Waals surface area (Å²) < 4.78 is 43.2. The van der Waals surface area contributed by atoms with Crippen LogP contribution < -0.4 is 0 Å². The van der Waals surface area contributed by atoms with Crippen molar-refractivity contribution < 1.29 is 22.7 Å². The maximum Gasteiger partial charge on any atom is 0.416 e. The number of ether oxygens (including phenoxy) is 1. The molecule has 0 aliphatic rings. The summed E-state index contributed by atoms with van der Waals surface area (Å²) in [5.74, 6) is -0.424. The van der Waals surface area contributed by atoms with Crippen molar-refractivity contribution in [2.45, 2.75) is 26.4 Å². The molecule has 1 heterocycles. The van der Waals surface area contributed by atoms with Gasteiger partial charge in [0.15, 0.2) is 0 Å². The van der Waals surface area contributed by atoms with Crippen molar-refractivity contribution in [3.05, 3.63) is 34.5 Å². The smallest absolute Gasteiger partial charge is 0.416 e. The Kier molecular flexibility index (Phi) is 3.50. The third kappa shape index (κ3) is 2.50. The molecule has 0 aliphatic carbocycles. The fourth-order valence-corrected chi connectivity index (χ4v) is 2.29. The SMILES string of the molecule is COC(=O)Cc1c(C)[nH]c2cc(C(F)(F)F)c(C)cc12. The first-order valence-corrected chi connectivity index (χ1v) is 6.00. The molecule has 0 saturated carbocycles. The van der Waals surface area contributed by atoms with Crippen LogP contribution in [-0.4, -0.2) is 18.1 Å². The van der Waals surface area contributed by atoms with Crippen molar-refractivity contribution in [1.29, 1.82) is 0 Å². The molecule has 0 radical (unpaired) electrons. The van der Waals surface area contributed by atoms with E-state index < -0.39 is 17.7 Å². The minimum atomic E-state index is -4.39. The minimum absolute atomic E-state index is 0.0349. The van der Waals surface area contributed by atoms with Crippen LogP contribution in [0.5, 0.6) is 0 Å². The fraction of sp³-hybridized carbons (Fsp3) is 0.357. The van der Waals surface area contributed by atoms with Crippen LogP contribution in [0.1, 0.15) is 22.4 Å². The van der Waals surface area contributed by atoms with Gasteiger partial charge >= 0.3 is 12.1 Å². The Morgan fingerprint density at radius 2 is 1.95 bits per heavy atom. The highest BCUT2D eigenvalue weighted by Crippen LogP contribution is 2.35. The highest BCUT2D eigenvalue weighted by molar-refractivity contribution is 5.89. The number of hydrogen-bond donors (Lipinski definition) is 1. The molecule has 0 spiro atoms. The average Bonchev–Trinajstić information content (AvgIpc) is 2.63. The number of esters is 1. The van der Waals surface area contributed by atoms with Crippen LogP contribution >= 0.6 is 0 Å². The summed E-state index contributed by atoms with van der Waals surface area (Å²) in [4.78, 5) is 14.3. The number of aryl methyl sites for hydroxylation is 2. The van der Waals surface area contributed by atoms with Gasteiger partial charge in [-0.2, -0.15) is 13.2 Å². The molecule has 1 aromatic heterocycles. The molecule has 0 amide bonds. The van der Waals surface area contributed by atoms with Gasteiger partial charge in [0, 0.05) is 16.6 Å². The van der Waals surface area contributed by atoms with Gasteiger partial charge in [-0.1, -0.05) is 0 Å². The van der Waals surface area contributed by atoms with Crippen molar-refractivity contribution in [3.8, 4) is 0 Å². The molecule has 1 N–H and O–H groups in total. The molecule has 6 heteroatoms. The molecule has 0 aliphatic heterocycles. The van der Waals surface area contributed by atoms with Crippen LogP contribution in [0.25, 0.3) is 10.9 Å². The van der Waals surface area contributed by atoms with E-state index >= 15 is 0 Å². The number of alkyl halides is 3. The van der Waals surface area contributed by atoms with Gasteiger partial charge in [-0.3, -0.25) is 4.79 Å². The van der Waals surface area contributed by atoms with Crippen molar-refractivity contribution >= 4 is 16.9 Å². The van der Waals surface area contributed by atoms with Crippen LogP contribution in [-0.2, 0) is 22.1 Å². The van der Waals surface area contributed by atoms with E-state index in [1.165, 1.54) is 20.1 Å². The van der Waals surface area contributed by atoms with E-state index in [4.69, 9.17) is 0 Å². The molecule has 0 bridgehead atoms. The Morgan fingerprint density at radius 1 is 1.30 bits per heavy atom. The number of methoxy groups -OCH3 is 1. The van der Waals surface area contributed by atoms with Crippen molar-refractivity contribution in [3.63, 3.8) is 0 Å². The Hall–Kier alpha value is -1.98. The molecule has 3 nitrogen and oxygen atoms in total. The number of fused-ring (bicyclic) bond motifs is 1. The number of H-pyrrole nitrogens is 1. The standard InChI is InChI=1S/C14H14F3NO2/c1-7-4-10-9(5-13(19)20-3)8(2)18-12(10)6-11(7)14(15,16)17/h4,6,18H,5H2,1-3H3. The lowest BCUT2D eigenvalue weighted by Crippen LogP contribution is -2.07. The first-order chi connectivity index (χ1) is 9.24. The second kappa shape index (κ2) is 4.85. The molecular weight excluding hydrogens is 271 g/mol. The van der Waals surface area contributed by atoms with Crippen LogP contribution in [0, 0.1) is 13.8 Å². The predicted octanol–water partition coefficient (Wildman–Crippen LogP) is 3.52. The second-order valence-electron chi connectivity index (χ2n) is 4.69. The van der Waals surface area contributed by atoms with E-state index in [0.29, 0.717) is 22.2 Å². The third-order valence-electron chi connectivity index (χ3n) is 3.32. The number of aromatic amines is 1. The van der Waals surface area contributed by atoms with Crippen molar-refractivity contribution in [1.82, 2.24) is 4.98 Å². The van der Waals surface area contributed by atoms with Gasteiger partial charge in [-0.05, 0) is 37.1 Å². The third-order valence-corrected chi connectivity index (χ3v) is 3.32. The van der Waals surface area contributed by atoms with Gasteiger partial charge in [-0.15, -0.1) is 0 Å². The van der Waals surface area contributed by atoms with E-state index in [9.17, 15) is 18.0 Å². The highest BCUT2D eigenvalue weighted by atomic mass is 19.4. The summed E-state index contributed by atoms with van der Waals surface area (Å²) in [6, 6.07) is 2.54. The van der Waals surface area contributed by atoms with E-state index in [1.54, 1.807) is 6.92 Å². The number of benzene rings is 1. The summed E-state index contributed by atoms with van der Waals surface area (Å²) in [5.41, 5.74) is 1.18. The Bertz CT molecular complexity index is 671. The van der Waals surface area contributed by atoms with Crippen LogP contribution in [0.15, 0.2) is 12.1 Å². The van der Waals surface area contributed by atoms with Gasteiger partial charge < -0.3 is 9.72 Å². The normalized spacial score (nSPS) is 11.9. The zero-order chi connectivity index (χ0) is 15.1. The topological polar surface area (TPSA) is 42.1 Å². The Morgan fingerprint density at radius 3 is 2.50 bits per heavy atom. The van der Waals surface area contributed by atoms with E-state index in [-0.39, 0.29) is 12.0 Å². The highest BCUT2D eigenvalue weighted by Gasteiger charge is 2.33. The second-order valence-corrected chi connectivity index (χ2v) is 4.69. The van der Waals surface area contributed by atoms with Crippen molar-refractivity contribution in [2.75, 3.05) is 7.11 Å². The number of carbonyl (C=O) groups excluding carboxylic acids is 1. The number of nitrogens with one attached hydrogen (secondary N) is 1. The largest absolute Gasteiger partial charge is 0.469 e. The number of hydrogen-bond acceptors (Lipinski definition) is 2. The lowest BCUT2D eigenvalue weighted by molar-refractivity contribution is -0.140. The number of aromatic nitrogens is 1. The fourth-order valence-electron chi connectivity index (χ4n) is 2.29. The van der Waals surface area contributed by atoms with Crippen LogP contribution in [0.4, 0.5) is 13.2 Å². The number of carbonyl (C=O) groups is 1. The van der Waals surface area contributed by atoms with E-state index in [1.807, 2.05) is 0 Å². The molecule has 20 heavy (non-hydrogen) atoms. The lowest BCUT2D eigenvalue weighted by Gasteiger charge is -2.10.